The molecule has 1 fully saturated rings. The first-order chi connectivity index (χ1) is 10.8. The minimum atomic E-state index is 0. The maximum absolute atomic E-state index is 2.48. The van der Waals surface area contributed by atoms with Crippen molar-refractivity contribution < 1.29 is 21.5 Å². The molecule has 0 bridgehead atoms. The van der Waals surface area contributed by atoms with Crippen molar-refractivity contribution in [1.82, 2.24) is 4.90 Å². The number of allylic oxidation sites excluding steroid dienone is 2. The first kappa shape index (κ1) is 20.4. The molecule has 2 heterocycles. The first-order valence-corrected chi connectivity index (χ1v) is 9.15. The molecule has 0 amide bonds. The van der Waals surface area contributed by atoms with Crippen molar-refractivity contribution in [3.05, 3.63) is 42.2 Å². The van der Waals surface area contributed by atoms with E-state index in [2.05, 4.69) is 60.1 Å². The van der Waals surface area contributed by atoms with Crippen LogP contribution >= 0.6 is 0 Å². The van der Waals surface area contributed by atoms with Crippen LogP contribution in [0, 0.1) is 0 Å². The second kappa shape index (κ2) is 11.8. The highest BCUT2D eigenvalue weighted by molar-refractivity contribution is 5.12. The Kier molecular flexibility index (Phi) is 10.5. The second-order valence-electron chi connectivity index (χ2n) is 6.62. The predicted molar refractivity (Wildman–Crippen MR) is 93.8 cm³/mol. The van der Waals surface area contributed by atoms with Crippen molar-refractivity contribution in [1.29, 1.82) is 0 Å². The molecule has 1 aliphatic heterocycles. The molecule has 2 nitrogen and oxygen atoms in total. The summed E-state index contributed by atoms with van der Waals surface area (Å²) in [5, 5.41) is 0. The van der Waals surface area contributed by atoms with Crippen LogP contribution < -0.4 is 21.5 Å². The molecule has 1 aromatic heterocycles. The summed E-state index contributed by atoms with van der Waals surface area (Å²) in [6.45, 7) is 4.60. The molecule has 2 rings (SSSR count). The van der Waals surface area contributed by atoms with E-state index in [-0.39, 0.29) is 17.0 Å². The van der Waals surface area contributed by atoms with E-state index < -0.39 is 0 Å². The lowest BCUT2D eigenvalue weighted by molar-refractivity contribution is -0.696. The molecule has 0 radical (unpaired) electrons. The van der Waals surface area contributed by atoms with E-state index in [4.69, 9.17) is 0 Å². The lowest BCUT2D eigenvalue weighted by atomic mass is 10.1. The number of hydrogen-bond acceptors (Lipinski definition) is 1. The Morgan fingerprint density at radius 1 is 1.22 bits per heavy atom. The maximum Gasteiger partial charge on any atom is 0.173 e. The van der Waals surface area contributed by atoms with Gasteiger partial charge in [0.2, 0.25) is 0 Å². The lowest BCUT2D eigenvalue weighted by Crippen LogP contribution is -3.00. The number of aryl methyl sites for hydroxylation is 1. The number of rotatable bonds is 9. The summed E-state index contributed by atoms with van der Waals surface area (Å²) in [5.74, 6) is 0. The van der Waals surface area contributed by atoms with Crippen LogP contribution in [0.1, 0.15) is 69.9 Å². The average Bonchev–Trinajstić information content (AvgIpc) is 2.96. The topological polar surface area (TPSA) is 7.12 Å². The van der Waals surface area contributed by atoms with Gasteiger partial charge in [0.1, 0.15) is 0 Å². The Hall–Kier alpha value is -0.670. The predicted octanol–water partition coefficient (Wildman–Crippen LogP) is 1.66. The summed E-state index contributed by atoms with van der Waals surface area (Å²) in [7, 11) is 2.25. The molecular weight excluding hydrogens is 348 g/mol. The van der Waals surface area contributed by atoms with Crippen LogP contribution in [0.4, 0.5) is 0 Å². The Morgan fingerprint density at radius 3 is 2.78 bits per heavy atom. The van der Waals surface area contributed by atoms with Crippen LogP contribution in [0.15, 0.2) is 36.7 Å². The summed E-state index contributed by atoms with van der Waals surface area (Å²) >= 11 is 0. The maximum atomic E-state index is 2.48. The fraction of sp³-hybridized carbons (Fsp3) is 0.650. The van der Waals surface area contributed by atoms with E-state index in [0.29, 0.717) is 6.04 Å². The molecule has 0 saturated carbocycles. The zero-order valence-corrected chi connectivity index (χ0v) is 16.5. The Balaban J connectivity index is 0.00000264. The SMILES string of the molecule is CCCCCC/C=C\CC[n+]1cccc([C@@H]2CCCN2C)c1.[Br-]. The van der Waals surface area contributed by atoms with Crippen molar-refractivity contribution in [3.63, 3.8) is 0 Å². The van der Waals surface area contributed by atoms with Gasteiger partial charge in [-0.15, -0.1) is 0 Å². The first-order valence-electron chi connectivity index (χ1n) is 9.15. The second-order valence-corrected chi connectivity index (χ2v) is 6.62. The zero-order chi connectivity index (χ0) is 15.6. The van der Waals surface area contributed by atoms with Gasteiger partial charge in [-0.1, -0.05) is 38.3 Å². The van der Waals surface area contributed by atoms with Gasteiger partial charge < -0.3 is 17.0 Å². The molecular formula is C20H33BrN2. The summed E-state index contributed by atoms with van der Waals surface area (Å²) in [5.41, 5.74) is 1.48. The third-order valence-corrected chi connectivity index (χ3v) is 4.73. The molecule has 3 heteroatoms. The van der Waals surface area contributed by atoms with E-state index in [1.807, 2.05) is 0 Å². The Labute approximate surface area is 153 Å². The smallest absolute Gasteiger partial charge is 0.173 e. The standard InChI is InChI=1S/C20H33N2.BrH/c1-3-4-5-6-7-8-9-10-16-22-17-11-13-19(18-22)20-14-12-15-21(20)2;/h8-9,11,13,17-18,20H,3-7,10,12,14-16H2,1-2H3;1H/q+1;/p-1/b9-8-;/t20-;/m0./s1. The summed E-state index contributed by atoms with van der Waals surface area (Å²) in [6.07, 6.45) is 19.7. The monoisotopic (exact) mass is 380 g/mol. The van der Waals surface area contributed by atoms with Crippen molar-refractivity contribution in [2.45, 2.75) is 70.9 Å². The van der Waals surface area contributed by atoms with Crippen molar-refractivity contribution >= 4 is 0 Å². The number of halogens is 1. The van der Waals surface area contributed by atoms with Crippen molar-refractivity contribution in [3.8, 4) is 0 Å². The van der Waals surface area contributed by atoms with Gasteiger partial charge in [-0.3, -0.25) is 4.90 Å². The highest BCUT2D eigenvalue weighted by atomic mass is 79.9. The quantitative estimate of drug-likeness (QED) is 0.359. The van der Waals surface area contributed by atoms with Gasteiger partial charge in [0.15, 0.2) is 18.9 Å². The zero-order valence-electron chi connectivity index (χ0n) is 14.9. The third kappa shape index (κ3) is 7.17. The average molecular weight is 381 g/mol. The van der Waals surface area contributed by atoms with E-state index >= 15 is 0 Å². The molecule has 1 atom stereocenters. The highest BCUT2D eigenvalue weighted by Gasteiger charge is 2.24. The van der Waals surface area contributed by atoms with Gasteiger partial charge >= 0.3 is 0 Å². The van der Waals surface area contributed by atoms with Crippen LogP contribution in [0.2, 0.25) is 0 Å². The molecule has 1 aromatic rings. The largest absolute Gasteiger partial charge is 1.00 e. The van der Waals surface area contributed by atoms with E-state index in [1.54, 1.807) is 0 Å². The molecule has 0 aliphatic carbocycles. The van der Waals surface area contributed by atoms with Gasteiger partial charge in [0, 0.05) is 24.1 Å². The van der Waals surface area contributed by atoms with Crippen LogP contribution in [0.5, 0.6) is 0 Å². The highest BCUT2D eigenvalue weighted by Crippen LogP contribution is 2.29. The molecule has 0 spiro atoms. The number of likely N-dealkylation sites (tertiary alicyclic amines) is 1. The summed E-state index contributed by atoms with van der Waals surface area (Å²) in [4.78, 5) is 2.48. The van der Waals surface area contributed by atoms with E-state index in [0.717, 1.165) is 13.0 Å². The number of aromatic nitrogens is 1. The molecule has 1 aliphatic rings. The normalized spacial score (nSPS) is 18.4. The van der Waals surface area contributed by atoms with Gasteiger partial charge in [-0.05, 0) is 45.3 Å². The summed E-state index contributed by atoms with van der Waals surface area (Å²) < 4.78 is 2.35. The Morgan fingerprint density at radius 2 is 2.04 bits per heavy atom. The van der Waals surface area contributed by atoms with Crippen molar-refractivity contribution in [2.75, 3.05) is 13.6 Å². The number of hydrogen-bond donors (Lipinski definition) is 0. The van der Waals surface area contributed by atoms with Gasteiger partial charge in [-0.2, -0.15) is 0 Å². The van der Waals surface area contributed by atoms with E-state index in [9.17, 15) is 0 Å². The van der Waals surface area contributed by atoms with Gasteiger partial charge in [-0.25, -0.2) is 4.57 Å². The molecule has 1 saturated heterocycles. The van der Waals surface area contributed by atoms with Crippen LogP contribution in [0.3, 0.4) is 0 Å². The number of unbranched alkanes of at least 4 members (excludes halogenated alkanes) is 4. The number of pyridine rings is 1. The fourth-order valence-electron chi connectivity index (χ4n) is 3.36. The minimum absolute atomic E-state index is 0. The van der Waals surface area contributed by atoms with Crippen LogP contribution in [-0.2, 0) is 6.54 Å². The van der Waals surface area contributed by atoms with Gasteiger partial charge in [0.25, 0.3) is 0 Å². The molecule has 0 unspecified atom stereocenters. The summed E-state index contributed by atoms with van der Waals surface area (Å²) in [6, 6.07) is 5.12. The minimum Gasteiger partial charge on any atom is -1.00 e. The molecule has 0 N–H and O–H groups in total. The van der Waals surface area contributed by atoms with Crippen LogP contribution in [0.25, 0.3) is 0 Å². The third-order valence-electron chi connectivity index (χ3n) is 4.73. The Bertz CT molecular complexity index is 459. The van der Waals surface area contributed by atoms with Gasteiger partial charge in [0.05, 0.1) is 0 Å². The number of nitrogens with zero attached hydrogens (tertiary/aromatic N) is 2. The van der Waals surface area contributed by atoms with Crippen molar-refractivity contribution in [2.24, 2.45) is 0 Å². The lowest BCUT2D eigenvalue weighted by Gasteiger charge is -2.18. The van der Waals surface area contributed by atoms with E-state index in [1.165, 1.54) is 57.1 Å². The molecule has 23 heavy (non-hydrogen) atoms. The molecule has 130 valence electrons. The molecule has 0 aromatic carbocycles. The van der Waals surface area contributed by atoms with Crippen LogP contribution in [-0.4, -0.2) is 18.5 Å². The fourth-order valence-corrected chi connectivity index (χ4v) is 3.36.